The van der Waals surface area contributed by atoms with Crippen LogP contribution in [0.3, 0.4) is 0 Å². The molecule has 0 unspecified atom stereocenters. The molecule has 2 rings (SSSR count). The van der Waals surface area contributed by atoms with Crippen LogP contribution in [0.2, 0.25) is 0 Å². The third kappa shape index (κ3) is 3.20. The summed E-state index contributed by atoms with van der Waals surface area (Å²) in [5.74, 6) is 0.755. The van der Waals surface area contributed by atoms with Crippen LogP contribution in [0, 0.1) is 0 Å². The maximum atomic E-state index is 12.2. The lowest BCUT2D eigenvalue weighted by Crippen LogP contribution is -2.13. The highest BCUT2D eigenvalue weighted by Crippen LogP contribution is 2.28. The first-order chi connectivity index (χ1) is 9.42. The van der Waals surface area contributed by atoms with E-state index in [4.69, 9.17) is 10.5 Å². The van der Waals surface area contributed by atoms with Gasteiger partial charge in [-0.05, 0) is 40.2 Å². The lowest BCUT2D eigenvalue weighted by atomic mass is 10.3. The number of nitrogens with two attached hydrogens (primary N) is 1. The number of hydrogen-bond donors (Lipinski definition) is 2. The molecule has 0 aliphatic rings. The van der Waals surface area contributed by atoms with Gasteiger partial charge in [0.2, 0.25) is 0 Å². The van der Waals surface area contributed by atoms with Crippen molar-refractivity contribution >= 4 is 37.5 Å². The number of nitrogens with one attached hydrogen (secondary N) is 1. The predicted molar refractivity (Wildman–Crippen MR) is 80.2 cm³/mol. The summed E-state index contributed by atoms with van der Waals surface area (Å²) in [6, 6.07) is 7.54. The van der Waals surface area contributed by atoms with Crippen molar-refractivity contribution in [2.24, 2.45) is 0 Å². The van der Waals surface area contributed by atoms with Crippen LogP contribution >= 0.6 is 15.9 Å². The van der Waals surface area contributed by atoms with Gasteiger partial charge in [-0.1, -0.05) is 0 Å². The third-order valence-electron chi connectivity index (χ3n) is 2.47. The summed E-state index contributed by atoms with van der Waals surface area (Å²) in [4.78, 5) is 3.81. The Labute approximate surface area is 125 Å². The first-order valence-electron chi connectivity index (χ1n) is 5.50. The van der Waals surface area contributed by atoms with E-state index in [-0.39, 0.29) is 10.7 Å². The highest BCUT2D eigenvalue weighted by atomic mass is 79.9. The molecule has 0 saturated heterocycles. The van der Waals surface area contributed by atoms with Crippen molar-refractivity contribution in [3.8, 4) is 5.75 Å². The van der Waals surface area contributed by atoms with Crippen molar-refractivity contribution in [1.82, 2.24) is 4.98 Å². The van der Waals surface area contributed by atoms with E-state index in [0.29, 0.717) is 15.9 Å². The molecule has 106 valence electrons. The van der Waals surface area contributed by atoms with Gasteiger partial charge in [0.05, 0.1) is 22.2 Å². The van der Waals surface area contributed by atoms with Gasteiger partial charge in [-0.3, -0.25) is 4.72 Å². The summed E-state index contributed by atoms with van der Waals surface area (Å²) >= 11 is 3.29. The lowest BCUT2D eigenvalue weighted by Gasteiger charge is -2.10. The topological polar surface area (TPSA) is 94.3 Å². The van der Waals surface area contributed by atoms with E-state index >= 15 is 0 Å². The zero-order valence-corrected chi connectivity index (χ0v) is 12.9. The normalized spacial score (nSPS) is 11.1. The first kappa shape index (κ1) is 14.6. The number of methoxy groups -OCH3 is 1. The van der Waals surface area contributed by atoms with Crippen LogP contribution in [0.25, 0.3) is 0 Å². The van der Waals surface area contributed by atoms with Crippen molar-refractivity contribution in [1.29, 1.82) is 0 Å². The number of halogens is 1. The van der Waals surface area contributed by atoms with E-state index in [0.717, 1.165) is 0 Å². The zero-order chi connectivity index (χ0) is 14.8. The van der Waals surface area contributed by atoms with Gasteiger partial charge in [-0.25, -0.2) is 13.4 Å². The summed E-state index contributed by atoms with van der Waals surface area (Å²) in [5, 5.41) is 0. The number of pyridine rings is 1. The fourth-order valence-corrected chi connectivity index (χ4v) is 3.15. The van der Waals surface area contributed by atoms with Gasteiger partial charge >= 0.3 is 0 Å². The average molecular weight is 358 g/mol. The van der Waals surface area contributed by atoms with Crippen LogP contribution in [0.4, 0.5) is 11.5 Å². The molecule has 0 amide bonds. The van der Waals surface area contributed by atoms with Gasteiger partial charge < -0.3 is 10.5 Å². The molecule has 0 radical (unpaired) electrons. The Balaban J connectivity index is 2.31. The Bertz CT molecular complexity index is 734. The molecule has 0 aliphatic heterocycles. The van der Waals surface area contributed by atoms with Gasteiger partial charge in [-0.2, -0.15) is 0 Å². The summed E-state index contributed by atoms with van der Waals surface area (Å²) < 4.78 is 32.5. The molecule has 0 saturated carbocycles. The second-order valence-electron chi connectivity index (χ2n) is 3.87. The number of ether oxygens (including phenoxy) is 1. The van der Waals surface area contributed by atoms with E-state index in [1.807, 2.05) is 0 Å². The summed E-state index contributed by atoms with van der Waals surface area (Å²) in [7, 11) is -2.17. The standard InChI is InChI=1S/C12H12BrN3O3S/c1-19-11-3-2-8(6-10(11)13)16-20(17,18)9-4-5-15-12(14)7-9/h2-7,16H,1H3,(H2,14,15). The van der Waals surface area contributed by atoms with Gasteiger partial charge in [0.1, 0.15) is 11.6 Å². The van der Waals surface area contributed by atoms with E-state index in [2.05, 4.69) is 25.6 Å². The van der Waals surface area contributed by atoms with E-state index in [1.54, 1.807) is 18.2 Å². The fourth-order valence-electron chi connectivity index (χ4n) is 1.54. The highest BCUT2D eigenvalue weighted by molar-refractivity contribution is 9.10. The van der Waals surface area contributed by atoms with E-state index < -0.39 is 10.0 Å². The van der Waals surface area contributed by atoms with Crippen molar-refractivity contribution in [3.63, 3.8) is 0 Å². The Kier molecular flexibility index (Phi) is 4.15. The molecule has 0 bridgehead atoms. The molecule has 0 spiro atoms. The Hall–Kier alpha value is -1.80. The molecule has 8 heteroatoms. The summed E-state index contributed by atoms with van der Waals surface area (Å²) in [5.41, 5.74) is 5.89. The van der Waals surface area contributed by atoms with Gasteiger partial charge in [0.25, 0.3) is 10.0 Å². The minimum absolute atomic E-state index is 0.0527. The van der Waals surface area contributed by atoms with Crippen LogP contribution < -0.4 is 15.2 Å². The average Bonchev–Trinajstić information content (AvgIpc) is 2.38. The molecule has 2 aromatic rings. The van der Waals surface area contributed by atoms with Crippen molar-refractivity contribution in [3.05, 3.63) is 41.0 Å². The third-order valence-corrected chi connectivity index (χ3v) is 4.47. The maximum absolute atomic E-state index is 12.2. The number of anilines is 2. The van der Waals surface area contributed by atoms with Crippen LogP contribution in [-0.4, -0.2) is 20.5 Å². The molecule has 3 N–H and O–H groups in total. The van der Waals surface area contributed by atoms with Crippen LogP contribution in [-0.2, 0) is 10.0 Å². The van der Waals surface area contributed by atoms with Crippen molar-refractivity contribution < 1.29 is 13.2 Å². The monoisotopic (exact) mass is 357 g/mol. The quantitative estimate of drug-likeness (QED) is 0.874. The molecule has 20 heavy (non-hydrogen) atoms. The first-order valence-corrected chi connectivity index (χ1v) is 7.78. The Morgan fingerprint density at radius 3 is 2.65 bits per heavy atom. The maximum Gasteiger partial charge on any atom is 0.262 e. The van der Waals surface area contributed by atoms with Crippen LogP contribution in [0.15, 0.2) is 45.9 Å². The number of rotatable bonds is 4. The number of nitrogen functional groups attached to an aromatic ring is 1. The highest BCUT2D eigenvalue weighted by Gasteiger charge is 2.15. The molecule has 1 heterocycles. The van der Waals surface area contributed by atoms with Crippen LogP contribution in [0.5, 0.6) is 5.75 Å². The number of nitrogens with zero attached hydrogens (tertiary/aromatic N) is 1. The van der Waals surface area contributed by atoms with Gasteiger partial charge in [0.15, 0.2) is 0 Å². The van der Waals surface area contributed by atoms with Gasteiger partial charge in [-0.15, -0.1) is 0 Å². The molecule has 1 aromatic heterocycles. The van der Waals surface area contributed by atoms with Crippen LogP contribution in [0.1, 0.15) is 0 Å². The molecular formula is C12H12BrN3O3S. The molecule has 0 fully saturated rings. The number of aromatic nitrogens is 1. The number of sulfonamides is 1. The van der Waals surface area contributed by atoms with E-state index in [9.17, 15) is 8.42 Å². The molecule has 0 atom stereocenters. The SMILES string of the molecule is COc1ccc(NS(=O)(=O)c2ccnc(N)c2)cc1Br. The summed E-state index contributed by atoms with van der Waals surface area (Å²) in [6.07, 6.45) is 1.34. The predicted octanol–water partition coefficient (Wildman–Crippen LogP) is 2.24. The minimum atomic E-state index is -3.70. The summed E-state index contributed by atoms with van der Waals surface area (Å²) in [6.45, 7) is 0. The lowest BCUT2D eigenvalue weighted by molar-refractivity contribution is 0.412. The minimum Gasteiger partial charge on any atom is -0.496 e. The molecule has 6 nitrogen and oxygen atoms in total. The second kappa shape index (κ2) is 5.68. The Morgan fingerprint density at radius 2 is 2.05 bits per heavy atom. The second-order valence-corrected chi connectivity index (χ2v) is 6.41. The van der Waals surface area contributed by atoms with Crippen molar-refractivity contribution in [2.45, 2.75) is 4.90 Å². The zero-order valence-electron chi connectivity index (χ0n) is 10.5. The number of hydrogen-bond acceptors (Lipinski definition) is 5. The molecule has 0 aliphatic carbocycles. The molecular weight excluding hydrogens is 346 g/mol. The van der Waals surface area contributed by atoms with Gasteiger partial charge in [0, 0.05) is 12.3 Å². The largest absolute Gasteiger partial charge is 0.496 e. The number of benzene rings is 1. The smallest absolute Gasteiger partial charge is 0.262 e. The van der Waals surface area contributed by atoms with Crippen molar-refractivity contribution in [2.75, 3.05) is 17.6 Å². The molecule has 1 aromatic carbocycles. The van der Waals surface area contributed by atoms with E-state index in [1.165, 1.54) is 25.4 Å². The Morgan fingerprint density at radius 1 is 1.30 bits per heavy atom. The fraction of sp³-hybridized carbons (Fsp3) is 0.0833.